The molecule has 3 heterocycles. The molecule has 11 nitrogen and oxygen atoms in total. The molecule has 0 spiro atoms. The molecule has 1 fully saturated rings. The maximum Gasteiger partial charge on any atom is 0.231 e. The van der Waals surface area contributed by atoms with Crippen LogP contribution in [0.2, 0.25) is 0 Å². The van der Waals surface area contributed by atoms with Crippen LogP contribution in [0.15, 0.2) is 12.3 Å². The van der Waals surface area contributed by atoms with E-state index in [0.717, 1.165) is 96.0 Å². The van der Waals surface area contributed by atoms with E-state index in [1.54, 1.807) is 0 Å². The van der Waals surface area contributed by atoms with Crippen LogP contribution in [-0.2, 0) is 0 Å². The number of nitrogens with zero attached hydrogens (tertiary/aromatic N) is 9. The van der Waals surface area contributed by atoms with E-state index < -0.39 is 0 Å². The van der Waals surface area contributed by atoms with Gasteiger partial charge in [0.05, 0.1) is 0 Å². The van der Waals surface area contributed by atoms with Crippen molar-refractivity contribution in [2.24, 2.45) is 0 Å². The molecule has 0 saturated carbocycles. The third kappa shape index (κ3) is 7.78. The predicted molar refractivity (Wildman–Crippen MR) is 145 cm³/mol. The maximum absolute atomic E-state index is 4.71. The van der Waals surface area contributed by atoms with Gasteiger partial charge in [0.1, 0.15) is 5.82 Å². The summed E-state index contributed by atoms with van der Waals surface area (Å²) in [5.41, 5.74) is 0. The van der Waals surface area contributed by atoms with E-state index in [2.05, 4.69) is 79.9 Å². The maximum atomic E-state index is 4.71. The quantitative estimate of drug-likeness (QED) is 0.386. The zero-order valence-electron chi connectivity index (χ0n) is 22.2. The second-order valence-corrected chi connectivity index (χ2v) is 8.69. The highest BCUT2D eigenvalue weighted by molar-refractivity contribution is 5.45. The Labute approximate surface area is 210 Å². The van der Waals surface area contributed by atoms with Crippen LogP contribution in [-0.4, -0.2) is 102 Å². The van der Waals surface area contributed by atoms with Crippen molar-refractivity contribution in [3.63, 3.8) is 0 Å². The number of piperazine rings is 1. The Balaban J connectivity index is 1.48. The number of anilines is 5. The van der Waals surface area contributed by atoms with E-state index in [0.29, 0.717) is 11.9 Å². The summed E-state index contributed by atoms with van der Waals surface area (Å²) in [4.78, 5) is 32.1. The first kappa shape index (κ1) is 26.7. The Kier molecular flexibility index (Phi) is 10.5. The molecule has 2 N–H and O–H groups in total. The molecular formula is C24H43N11. The van der Waals surface area contributed by atoms with Gasteiger partial charge in [-0.2, -0.15) is 19.9 Å². The minimum Gasteiger partial charge on any atom is -0.354 e. The minimum absolute atomic E-state index is 0.639. The number of hydrogen-bond acceptors (Lipinski definition) is 11. The zero-order chi connectivity index (χ0) is 25.0. The highest BCUT2D eigenvalue weighted by atomic mass is 15.4. The highest BCUT2D eigenvalue weighted by Gasteiger charge is 2.16. The van der Waals surface area contributed by atoms with Gasteiger partial charge in [-0.05, 0) is 53.7 Å². The van der Waals surface area contributed by atoms with Crippen LogP contribution in [0.4, 0.5) is 29.6 Å². The van der Waals surface area contributed by atoms with Crippen LogP contribution in [0.3, 0.4) is 0 Å². The largest absolute Gasteiger partial charge is 0.354 e. The normalized spacial score (nSPS) is 14.1. The molecule has 3 rings (SSSR count). The summed E-state index contributed by atoms with van der Waals surface area (Å²) >= 11 is 0. The van der Waals surface area contributed by atoms with E-state index in [1.165, 1.54) is 0 Å². The summed E-state index contributed by atoms with van der Waals surface area (Å²) in [7, 11) is 2.16. The smallest absolute Gasteiger partial charge is 0.231 e. The van der Waals surface area contributed by atoms with E-state index in [4.69, 9.17) is 9.97 Å². The Bertz CT molecular complexity index is 847. The van der Waals surface area contributed by atoms with Gasteiger partial charge in [-0.15, -0.1) is 0 Å². The second kappa shape index (κ2) is 13.8. The lowest BCUT2D eigenvalue weighted by Crippen LogP contribution is -2.44. The summed E-state index contributed by atoms with van der Waals surface area (Å²) < 4.78 is 0. The number of hydrogen-bond donors (Lipinski definition) is 2. The van der Waals surface area contributed by atoms with Gasteiger partial charge in [0.2, 0.25) is 23.8 Å². The third-order valence-corrected chi connectivity index (χ3v) is 6.34. The van der Waals surface area contributed by atoms with Gasteiger partial charge in [0.25, 0.3) is 0 Å². The molecule has 2 aromatic heterocycles. The Morgan fingerprint density at radius 3 is 1.83 bits per heavy atom. The highest BCUT2D eigenvalue weighted by Crippen LogP contribution is 2.17. The molecule has 1 aliphatic rings. The van der Waals surface area contributed by atoms with Crippen LogP contribution >= 0.6 is 0 Å². The van der Waals surface area contributed by atoms with Gasteiger partial charge in [-0.25, -0.2) is 4.98 Å². The van der Waals surface area contributed by atoms with Crippen molar-refractivity contribution >= 4 is 29.6 Å². The summed E-state index contributed by atoms with van der Waals surface area (Å²) in [6, 6.07) is 1.99. The molecule has 194 valence electrons. The predicted octanol–water partition coefficient (Wildman–Crippen LogP) is 2.41. The molecule has 11 heteroatoms. The van der Waals surface area contributed by atoms with Crippen molar-refractivity contribution in [2.75, 3.05) is 97.8 Å². The number of nitrogens with one attached hydrogen (secondary N) is 2. The first-order chi connectivity index (χ1) is 17.1. The van der Waals surface area contributed by atoms with E-state index >= 15 is 0 Å². The lowest BCUT2D eigenvalue weighted by atomic mass is 10.3. The van der Waals surface area contributed by atoms with Gasteiger partial charge in [-0.1, -0.05) is 0 Å². The molecule has 0 aromatic carbocycles. The fraction of sp³-hybridized carbons (Fsp3) is 0.708. The van der Waals surface area contributed by atoms with Crippen molar-refractivity contribution < 1.29 is 0 Å². The summed E-state index contributed by atoms with van der Waals surface area (Å²) in [5, 5.41) is 6.77. The zero-order valence-corrected chi connectivity index (χ0v) is 22.2. The van der Waals surface area contributed by atoms with Crippen LogP contribution in [0.25, 0.3) is 0 Å². The Hall–Kier alpha value is -2.95. The van der Waals surface area contributed by atoms with Gasteiger partial charge >= 0.3 is 0 Å². The van der Waals surface area contributed by atoms with Crippen LogP contribution in [0.1, 0.15) is 40.5 Å². The lowest BCUT2D eigenvalue weighted by molar-refractivity contribution is 0.312. The second-order valence-electron chi connectivity index (χ2n) is 8.69. The minimum atomic E-state index is 0.639. The van der Waals surface area contributed by atoms with E-state index in [-0.39, 0.29) is 0 Å². The number of unbranched alkanes of at least 4 members (excludes halogenated alkanes) is 1. The van der Waals surface area contributed by atoms with Crippen LogP contribution in [0.5, 0.6) is 0 Å². The molecule has 0 atom stereocenters. The third-order valence-electron chi connectivity index (χ3n) is 6.34. The molecule has 1 aliphatic heterocycles. The summed E-state index contributed by atoms with van der Waals surface area (Å²) in [6.07, 6.45) is 3.82. The molecule has 0 aliphatic carbocycles. The van der Waals surface area contributed by atoms with Gasteiger partial charge in [0.15, 0.2) is 0 Å². The SMILES string of the molecule is CCN(CC)c1nc(NCCCCNc2nccc(N3CCN(C)CC3)n2)nc(N(CC)CC)n1. The fourth-order valence-electron chi connectivity index (χ4n) is 4.03. The molecule has 2 aromatic rings. The first-order valence-corrected chi connectivity index (χ1v) is 13.1. The van der Waals surface area contributed by atoms with Crippen molar-refractivity contribution in [2.45, 2.75) is 40.5 Å². The first-order valence-electron chi connectivity index (χ1n) is 13.1. The van der Waals surface area contributed by atoms with E-state index in [9.17, 15) is 0 Å². The molecule has 0 radical (unpaired) electrons. The molecule has 0 bridgehead atoms. The molecular weight excluding hydrogens is 442 g/mol. The average Bonchev–Trinajstić information content (AvgIpc) is 2.88. The Morgan fingerprint density at radius 2 is 1.29 bits per heavy atom. The van der Waals surface area contributed by atoms with Crippen molar-refractivity contribution in [1.29, 1.82) is 0 Å². The molecule has 0 amide bonds. The van der Waals surface area contributed by atoms with Crippen molar-refractivity contribution in [3.05, 3.63) is 12.3 Å². The van der Waals surface area contributed by atoms with Gasteiger partial charge in [-0.3, -0.25) is 0 Å². The Morgan fingerprint density at radius 1 is 0.743 bits per heavy atom. The van der Waals surface area contributed by atoms with E-state index in [1.807, 2.05) is 12.3 Å². The summed E-state index contributed by atoms with van der Waals surface area (Å²) in [6.45, 7) is 17.7. The van der Waals surface area contributed by atoms with Crippen molar-refractivity contribution in [1.82, 2.24) is 29.8 Å². The van der Waals surface area contributed by atoms with Crippen LogP contribution in [0, 0.1) is 0 Å². The average molecular weight is 486 g/mol. The standard InChI is InChI=1S/C24H43N11/c1-6-33(7-2)23-29-22(30-24(31-23)34(8-3)9-4)26-14-11-10-13-25-21-27-15-12-20(28-21)35-18-16-32(5)17-19-35/h12,15H,6-11,13-14,16-19H2,1-5H3,(H,25,27,28)(H,26,29,30,31). The number of likely N-dealkylation sites (N-methyl/N-ethyl adjacent to an activating group) is 1. The number of aromatic nitrogens is 5. The summed E-state index contributed by atoms with van der Waals surface area (Å²) in [5.74, 6) is 3.79. The van der Waals surface area contributed by atoms with Crippen LogP contribution < -0.4 is 25.3 Å². The van der Waals surface area contributed by atoms with Gasteiger partial charge in [0, 0.05) is 71.6 Å². The molecule has 35 heavy (non-hydrogen) atoms. The topological polar surface area (TPSA) is 101 Å². The molecule has 0 unspecified atom stereocenters. The lowest BCUT2D eigenvalue weighted by Gasteiger charge is -2.33. The van der Waals surface area contributed by atoms with Crippen molar-refractivity contribution in [3.8, 4) is 0 Å². The monoisotopic (exact) mass is 485 g/mol. The fourth-order valence-corrected chi connectivity index (χ4v) is 4.03. The molecule has 1 saturated heterocycles. The van der Waals surface area contributed by atoms with Gasteiger partial charge < -0.3 is 30.2 Å². The number of rotatable bonds is 14.